The lowest BCUT2D eigenvalue weighted by atomic mass is 10.0. The monoisotopic (exact) mass is 350 g/mol. The van der Waals surface area contributed by atoms with Crippen LogP contribution in [0.5, 0.6) is 11.5 Å². The minimum absolute atomic E-state index is 0.0189. The fraction of sp³-hybridized carbons (Fsp3) is 0.188. The van der Waals surface area contributed by atoms with Gasteiger partial charge in [-0.2, -0.15) is 0 Å². The highest BCUT2D eigenvalue weighted by Gasteiger charge is 2.23. The van der Waals surface area contributed by atoms with Crippen LogP contribution in [0.4, 0.5) is 5.69 Å². The van der Waals surface area contributed by atoms with Crippen LogP contribution in [0.1, 0.15) is 22.3 Å². The molecule has 0 saturated carbocycles. The van der Waals surface area contributed by atoms with E-state index >= 15 is 0 Å². The van der Waals surface area contributed by atoms with Crippen LogP contribution in [0.15, 0.2) is 30.6 Å². The molecule has 0 bridgehead atoms. The molecule has 0 saturated heterocycles. The Balaban J connectivity index is 2.19. The number of benzene rings is 1. The van der Waals surface area contributed by atoms with Gasteiger partial charge in [0.15, 0.2) is 0 Å². The van der Waals surface area contributed by atoms with Crippen molar-refractivity contribution in [2.75, 3.05) is 12.4 Å². The molecule has 2 aromatic rings. The molecule has 0 atom stereocenters. The van der Waals surface area contributed by atoms with E-state index in [4.69, 9.17) is 11.6 Å². The summed E-state index contributed by atoms with van der Waals surface area (Å²) in [5.41, 5.74) is 0.552. The van der Waals surface area contributed by atoms with E-state index in [9.17, 15) is 19.8 Å². The molecule has 1 aromatic heterocycles. The molecule has 7 nitrogen and oxygen atoms in total. The van der Waals surface area contributed by atoms with Gasteiger partial charge in [-0.3, -0.25) is 9.78 Å². The van der Waals surface area contributed by atoms with Gasteiger partial charge >= 0.3 is 5.97 Å². The first kappa shape index (κ1) is 17.6. The van der Waals surface area contributed by atoms with Gasteiger partial charge in [-0.05, 0) is 24.1 Å². The van der Waals surface area contributed by atoms with Crippen LogP contribution in [0.25, 0.3) is 0 Å². The lowest BCUT2D eigenvalue weighted by molar-refractivity contribution is -0.116. The van der Waals surface area contributed by atoms with Gasteiger partial charge in [-0.25, -0.2) is 4.79 Å². The average Bonchev–Trinajstić information content (AvgIpc) is 2.57. The molecular formula is C16H15ClN2O5. The van der Waals surface area contributed by atoms with Crippen molar-refractivity contribution in [2.45, 2.75) is 12.8 Å². The van der Waals surface area contributed by atoms with Crippen LogP contribution in [-0.2, 0) is 16.0 Å². The lowest BCUT2D eigenvalue weighted by Crippen LogP contribution is -2.14. The summed E-state index contributed by atoms with van der Waals surface area (Å²) in [7, 11) is 1.16. The number of esters is 1. The Bertz CT molecular complexity index is 765. The number of ether oxygens (including phenoxy) is 1. The summed E-state index contributed by atoms with van der Waals surface area (Å²) in [5.74, 6) is -1.98. The molecular weight excluding hydrogens is 336 g/mol. The van der Waals surface area contributed by atoms with E-state index in [1.807, 2.05) is 0 Å². The van der Waals surface area contributed by atoms with E-state index in [1.165, 1.54) is 12.4 Å². The van der Waals surface area contributed by atoms with Crippen molar-refractivity contribution in [3.63, 3.8) is 0 Å². The van der Waals surface area contributed by atoms with Crippen LogP contribution >= 0.6 is 11.6 Å². The Morgan fingerprint density at radius 3 is 2.54 bits per heavy atom. The number of phenols is 2. The smallest absolute Gasteiger partial charge is 0.341 e. The first-order valence-corrected chi connectivity index (χ1v) is 7.33. The molecule has 0 aliphatic rings. The largest absolute Gasteiger partial charge is 0.507 e. The number of rotatable bonds is 5. The predicted molar refractivity (Wildman–Crippen MR) is 87.3 cm³/mol. The predicted octanol–water partition coefficient (Wildman–Crippen LogP) is 2.50. The van der Waals surface area contributed by atoms with Crippen LogP contribution in [0.2, 0.25) is 5.02 Å². The van der Waals surface area contributed by atoms with Gasteiger partial charge in [0.05, 0.1) is 12.1 Å². The summed E-state index contributed by atoms with van der Waals surface area (Å²) < 4.78 is 4.61. The number of pyridine rings is 1. The number of halogens is 1. The van der Waals surface area contributed by atoms with Gasteiger partial charge in [-0.15, -0.1) is 0 Å². The molecule has 0 fully saturated rings. The number of hydrogen-bond acceptors (Lipinski definition) is 6. The molecule has 1 amide bonds. The zero-order chi connectivity index (χ0) is 17.7. The minimum atomic E-state index is -0.807. The Morgan fingerprint density at radius 2 is 1.92 bits per heavy atom. The molecule has 1 heterocycles. The number of aromatic hydroxyl groups is 2. The SMILES string of the molecule is COC(=O)c1c(O)cc(O)c(Cl)c1CCC(=O)Nc1ccncc1. The number of carbonyl (C=O) groups excluding carboxylic acids is 2. The van der Waals surface area contributed by atoms with Crippen molar-refractivity contribution in [3.05, 3.63) is 46.7 Å². The minimum Gasteiger partial charge on any atom is -0.507 e. The van der Waals surface area contributed by atoms with Crippen molar-refractivity contribution in [1.82, 2.24) is 4.98 Å². The Kier molecular flexibility index (Phi) is 5.59. The molecule has 0 aliphatic heterocycles. The fourth-order valence-corrected chi connectivity index (χ4v) is 2.39. The van der Waals surface area contributed by atoms with Gasteiger partial charge in [-0.1, -0.05) is 11.6 Å². The van der Waals surface area contributed by atoms with Crippen LogP contribution in [0, 0.1) is 0 Å². The second kappa shape index (κ2) is 7.65. The van der Waals surface area contributed by atoms with E-state index < -0.39 is 11.7 Å². The third-order valence-corrected chi connectivity index (χ3v) is 3.70. The maximum Gasteiger partial charge on any atom is 0.341 e. The molecule has 24 heavy (non-hydrogen) atoms. The molecule has 0 aliphatic carbocycles. The van der Waals surface area contributed by atoms with Gasteiger partial charge < -0.3 is 20.3 Å². The van der Waals surface area contributed by atoms with Crippen molar-refractivity contribution < 1.29 is 24.5 Å². The van der Waals surface area contributed by atoms with Gasteiger partial charge in [0.1, 0.15) is 17.1 Å². The topological polar surface area (TPSA) is 109 Å². The van der Waals surface area contributed by atoms with E-state index in [-0.39, 0.29) is 40.6 Å². The third-order valence-electron chi connectivity index (χ3n) is 3.28. The first-order chi connectivity index (χ1) is 11.4. The molecule has 0 radical (unpaired) electrons. The van der Waals surface area contributed by atoms with Crippen LogP contribution in [-0.4, -0.2) is 34.2 Å². The van der Waals surface area contributed by atoms with Crippen LogP contribution < -0.4 is 5.32 Å². The Labute approximate surface area is 142 Å². The Hall–Kier alpha value is -2.80. The number of phenolic OH excluding ortho intramolecular Hbond substituents is 2. The van der Waals surface area contributed by atoms with Crippen molar-refractivity contribution in [1.29, 1.82) is 0 Å². The summed E-state index contributed by atoms with van der Waals surface area (Å²) in [4.78, 5) is 27.7. The summed E-state index contributed by atoms with van der Waals surface area (Å²) in [5, 5.41) is 22.1. The second-order valence-corrected chi connectivity index (χ2v) is 5.24. The normalized spacial score (nSPS) is 10.2. The summed E-state index contributed by atoms with van der Waals surface area (Å²) in [6.45, 7) is 0. The average molecular weight is 351 g/mol. The number of hydrogen-bond donors (Lipinski definition) is 3. The molecule has 3 N–H and O–H groups in total. The zero-order valence-electron chi connectivity index (χ0n) is 12.7. The van der Waals surface area contributed by atoms with Crippen molar-refractivity contribution in [3.8, 4) is 11.5 Å². The summed E-state index contributed by atoms with van der Waals surface area (Å²) >= 11 is 6.01. The number of anilines is 1. The van der Waals surface area contributed by atoms with Crippen molar-refractivity contribution in [2.24, 2.45) is 0 Å². The number of amides is 1. The van der Waals surface area contributed by atoms with E-state index in [0.717, 1.165) is 13.2 Å². The highest BCUT2D eigenvalue weighted by molar-refractivity contribution is 6.33. The van der Waals surface area contributed by atoms with E-state index in [1.54, 1.807) is 12.1 Å². The summed E-state index contributed by atoms with van der Waals surface area (Å²) in [6.07, 6.45) is 3.08. The second-order valence-electron chi connectivity index (χ2n) is 4.86. The number of carbonyl (C=O) groups is 2. The number of aromatic nitrogens is 1. The molecule has 1 aromatic carbocycles. The Morgan fingerprint density at radius 1 is 1.25 bits per heavy atom. The standard InChI is InChI=1S/C16H15ClN2O5/c1-24-16(23)14-10(15(17)12(21)8-11(14)20)2-3-13(22)19-9-4-6-18-7-5-9/h4-8,20-21H,2-3H2,1H3,(H,18,19,22). The van der Waals surface area contributed by atoms with Gasteiger partial charge in [0.25, 0.3) is 0 Å². The first-order valence-electron chi connectivity index (χ1n) is 6.95. The highest BCUT2D eigenvalue weighted by atomic mass is 35.5. The van der Waals surface area contributed by atoms with E-state index in [2.05, 4.69) is 15.0 Å². The number of nitrogens with one attached hydrogen (secondary N) is 1. The molecule has 126 valence electrons. The van der Waals surface area contributed by atoms with Crippen molar-refractivity contribution >= 4 is 29.2 Å². The van der Waals surface area contributed by atoms with E-state index in [0.29, 0.717) is 5.69 Å². The maximum atomic E-state index is 12.0. The maximum absolute atomic E-state index is 12.0. The quantitative estimate of drug-likeness (QED) is 0.715. The summed E-state index contributed by atoms with van der Waals surface area (Å²) in [6, 6.07) is 4.21. The zero-order valence-corrected chi connectivity index (χ0v) is 13.5. The molecule has 0 unspecified atom stereocenters. The number of methoxy groups -OCH3 is 1. The lowest BCUT2D eigenvalue weighted by Gasteiger charge is -2.13. The third kappa shape index (κ3) is 3.94. The molecule has 0 spiro atoms. The molecule has 2 rings (SSSR count). The number of nitrogens with zero attached hydrogens (tertiary/aromatic N) is 1. The fourth-order valence-electron chi connectivity index (χ4n) is 2.15. The van der Waals surface area contributed by atoms with Gasteiger partial charge in [0, 0.05) is 30.6 Å². The van der Waals surface area contributed by atoms with Crippen LogP contribution in [0.3, 0.4) is 0 Å². The highest BCUT2D eigenvalue weighted by Crippen LogP contribution is 2.37. The molecule has 8 heteroatoms. The van der Waals surface area contributed by atoms with Gasteiger partial charge in [0.2, 0.25) is 5.91 Å².